The molecule has 1 saturated heterocycles. The van der Waals surface area contributed by atoms with Gasteiger partial charge in [0, 0.05) is 37.9 Å². The molecule has 138 valence electrons. The van der Waals surface area contributed by atoms with Crippen LogP contribution in [0.15, 0.2) is 47.4 Å². The number of sulfonamides is 1. The Morgan fingerprint density at radius 1 is 1.04 bits per heavy atom. The zero-order chi connectivity index (χ0) is 18.9. The predicted octanol–water partition coefficient (Wildman–Crippen LogP) is 1.88. The van der Waals surface area contributed by atoms with Crippen molar-refractivity contribution in [1.29, 1.82) is 0 Å². The molecule has 0 unspecified atom stereocenters. The minimum atomic E-state index is -3.99. The van der Waals surface area contributed by atoms with Crippen molar-refractivity contribution in [3.8, 4) is 0 Å². The molecule has 0 saturated carbocycles. The molecule has 2 N–H and O–H groups in total. The summed E-state index contributed by atoms with van der Waals surface area (Å²) >= 11 is 0. The highest BCUT2D eigenvalue weighted by molar-refractivity contribution is 7.89. The molecule has 0 aliphatic carbocycles. The quantitative estimate of drug-likeness (QED) is 0.644. The fourth-order valence-corrected chi connectivity index (χ4v) is 3.66. The van der Waals surface area contributed by atoms with E-state index in [-0.39, 0.29) is 10.6 Å². The third-order valence-corrected chi connectivity index (χ3v) is 5.37. The highest BCUT2D eigenvalue weighted by Gasteiger charge is 2.25. The van der Waals surface area contributed by atoms with Crippen LogP contribution in [0.3, 0.4) is 0 Å². The van der Waals surface area contributed by atoms with Gasteiger partial charge in [0.25, 0.3) is 5.69 Å². The van der Waals surface area contributed by atoms with E-state index in [1.54, 1.807) is 0 Å². The summed E-state index contributed by atoms with van der Waals surface area (Å²) in [5.74, 6) is 0. The van der Waals surface area contributed by atoms with Crippen LogP contribution in [-0.4, -0.2) is 39.5 Å². The maximum atomic E-state index is 11.5. The van der Waals surface area contributed by atoms with E-state index in [2.05, 4.69) is 11.0 Å². The molecule has 0 atom stereocenters. The Morgan fingerprint density at radius 3 is 2.27 bits per heavy atom. The zero-order valence-electron chi connectivity index (χ0n) is 14.3. The van der Waals surface area contributed by atoms with Gasteiger partial charge in [0.15, 0.2) is 0 Å². The molecule has 1 heterocycles. The summed E-state index contributed by atoms with van der Waals surface area (Å²) in [6, 6.07) is 12.0. The second-order valence-electron chi connectivity index (χ2n) is 6.27. The lowest BCUT2D eigenvalue weighted by Crippen LogP contribution is -2.46. The number of aryl methyl sites for hydroxylation is 1. The summed E-state index contributed by atoms with van der Waals surface area (Å²) in [5, 5.41) is 16.5. The van der Waals surface area contributed by atoms with Gasteiger partial charge in [-0.15, -0.1) is 0 Å². The standard InChI is InChI=1S/C17H20N4O4S/c1-13-3-2-4-14(11-13)19-7-9-20(10-8-19)16-6-5-15(26(18,24)25)12-17(16)21(22)23/h2-6,11-12H,7-10H2,1H3,(H2,18,24,25). The van der Waals surface area contributed by atoms with E-state index in [9.17, 15) is 18.5 Å². The summed E-state index contributed by atoms with van der Waals surface area (Å²) in [6.07, 6.45) is 0. The van der Waals surface area contributed by atoms with Gasteiger partial charge in [-0.25, -0.2) is 13.6 Å². The smallest absolute Gasteiger partial charge is 0.293 e. The largest absolute Gasteiger partial charge is 0.368 e. The van der Waals surface area contributed by atoms with Gasteiger partial charge in [-0.2, -0.15) is 0 Å². The first-order valence-electron chi connectivity index (χ1n) is 8.13. The average Bonchev–Trinajstić information content (AvgIpc) is 2.60. The molecule has 1 aliphatic heterocycles. The lowest BCUT2D eigenvalue weighted by molar-refractivity contribution is -0.384. The summed E-state index contributed by atoms with van der Waals surface area (Å²) in [5.41, 5.74) is 2.47. The molecule has 0 radical (unpaired) electrons. The summed E-state index contributed by atoms with van der Waals surface area (Å²) in [7, 11) is -3.99. The number of primary sulfonamides is 1. The summed E-state index contributed by atoms with van der Waals surface area (Å²) in [6.45, 7) is 4.68. The highest BCUT2D eigenvalue weighted by Crippen LogP contribution is 2.31. The number of nitrogens with zero attached hydrogens (tertiary/aromatic N) is 3. The number of piperazine rings is 1. The molecule has 0 amide bonds. The molecule has 26 heavy (non-hydrogen) atoms. The van der Waals surface area contributed by atoms with E-state index >= 15 is 0 Å². The fourth-order valence-electron chi connectivity index (χ4n) is 3.12. The van der Waals surface area contributed by atoms with E-state index in [1.165, 1.54) is 17.7 Å². The summed E-state index contributed by atoms with van der Waals surface area (Å²) in [4.78, 5) is 14.7. The normalized spacial score (nSPS) is 15.2. The Balaban J connectivity index is 1.82. The van der Waals surface area contributed by atoms with Crippen molar-refractivity contribution in [2.45, 2.75) is 11.8 Å². The minimum absolute atomic E-state index is 0.250. The first-order chi connectivity index (χ1) is 12.3. The molecule has 0 spiro atoms. The van der Waals surface area contributed by atoms with Gasteiger partial charge in [-0.1, -0.05) is 12.1 Å². The van der Waals surface area contributed by atoms with Crippen LogP contribution in [0, 0.1) is 17.0 Å². The van der Waals surface area contributed by atoms with E-state index in [0.29, 0.717) is 18.8 Å². The molecule has 1 fully saturated rings. The van der Waals surface area contributed by atoms with E-state index in [1.807, 2.05) is 30.0 Å². The third kappa shape index (κ3) is 3.78. The Labute approximate surface area is 152 Å². The Bertz CT molecular complexity index is 938. The molecule has 9 heteroatoms. The van der Waals surface area contributed by atoms with Gasteiger partial charge < -0.3 is 9.80 Å². The van der Waals surface area contributed by atoms with Crippen LogP contribution in [0.4, 0.5) is 17.1 Å². The topological polar surface area (TPSA) is 110 Å². The van der Waals surface area contributed by atoms with Crippen molar-refractivity contribution >= 4 is 27.1 Å². The number of benzene rings is 2. The van der Waals surface area contributed by atoms with Crippen molar-refractivity contribution in [2.75, 3.05) is 36.0 Å². The SMILES string of the molecule is Cc1cccc(N2CCN(c3ccc(S(N)(=O)=O)cc3[N+](=O)[O-])CC2)c1. The molecule has 2 aromatic rings. The number of nitro benzene ring substituents is 1. The van der Waals surface area contributed by atoms with Crippen LogP contribution in [0.2, 0.25) is 0 Å². The van der Waals surface area contributed by atoms with Crippen LogP contribution in [0.1, 0.15) is 5.56 Å². The van der Waals surface area contributed by atoms with Crippen molar-refractivity contribution in [2.24, 2.45) is 5.14 Å². The number of nitro groups is 1. The number of anilines is 2. The maximum absolute atomic E-state index is 11.5. The fraction of sp³-hybridized carbons (Fsp3) is 0.294. The van der Waals surface area contributed by atoms with Crippen LogP contribution in [0.5, 0.6) is 0 Å². The lowest BCUT2D eigenvalue weighted by atomic mass is 10.1. The number of hydrogen-bond donors (Lipinski definition) is 1. The number of hydrogen-bond acceptors (Lipinski definition) is 6. The van der Waals surface area contributed by atoms with Gasteiger partial charge in [-0.3, -0.25) is 10.1 Å². The van der Waals surface area contributed by atoms with Crippen molar-refractivity contribution in [3.05, 3.63) is 58.1 Å². The Kier molecular flexibility index (Phi) is 4.84. The second-order valence-corrected chi connectivity index (χ2v) is 7.83. The van der Waals surface area contributed by atoms with E-state index < -0.39 is 14.9 Å². The molecule has 2 aromatic carbocycles. The number of nitrogens with two attached hydrogens (primary N) is 1. The van der Waals surface area contributed by atoms with Gasteiger partial charge in [0.05, 0.1) is 9.82 Å². The minimum Gasteiger partial charge on any atom is -0.368 e. The zero-order valence-corrected chi connectivity index (χ0v) is 15.1. The average molecular weight is 376 g/mol. The van der Waals surface area contributed by atoms with Crippen LogP contribution in [-0.2, 0) is 10.0 Å². The van der Waals surface area contributed by atoms with Crippen molar-refractivity contribution in [3.63, 3.8) is 0 Å². The molecule has 3 rings (SSSR count). The van der Waals surface area contributed by atoms with Crippen LogP contribution in [0.25, 0.3) is 0 Å². The highest BCUT2D eigenvalue weighted by atomic mass is 32.2. The first kappa shape index (κ1) is 18.2. The van der Waals surface area contributed by atoms with Crippen LogP contribution >= 0.6 is 0 Å². The molecule has 8 nitrogen and oxygen atoms in total. The molecular weight excluding hydrogens is 356 g/mol. The monoisotopic (exact) mass is 376 g/mol. The van der Waals surface area contributed by atoms with Gasteiger partial charge in [0.2, 0.25) is 10.0 Å². The van der Waals surface area contributed by atoms with Crippen molar-refractivity contribution < 1.29 is 13.3 Å². The van der Waals surface area contributed by atoms with E-state index in [0.717, 1.165) is 24.8 Å². The van der Waals surface area contributed by atoms with Crippen LogP contribution < -0.4 is 14.9 Å². The Morgan fingerprint density at radius 2 is 1.69 bits per heavy atom. The maximum Gasteiger partial charge on any atom is 0.293 e. The van der Waals surface area contributed by atoms with Gasteiger partial charge in [0.1, 0.15) is 5.69 Å². The predicted molar refractivity (Wildman–Crippen MR) is 100 cm³/mol. The first-order valence-corrected chi connectivity index (χ1v) is 9.68. The molecule has 0 aromatic heterocycles. The Hall–Kier alpha value is -2.65. The second kappa shape index (κ2) is 6.93. The third-order valence-electron chi connectivity index (χ3n) is 4.46. The van der Waals surface area contributed by atoms with Crippen molar-refractivity contribution in [1.82, 2.24) is 0 Å². The summed E-state index contributed by atoms with van der Waals surface area (Å²) < 4.78 is 22.9. The lowest BCUT2D eigenvalue weighted by Gasteiger charge is -2.37. The van der Waals surface area contributed by atoms with Gasteiger partial charge in [-0.05, 0) is 36.8 Å². The number of rotatable bonds is 4. The molecular formula is C17H20N4O4S. The molecule has 1 aliphatic rings. The van der Waals surface area contributed by atoms with Gasteiger partial charge >= 0.3 is 0 Å². The van der Waals surface area contributed by atoms with E-state index in [4.69, 9.17) is 5.14 Å². The molecule has 0 bridgehead atoms.